The second kappa shape index (κ2) is 11.1. The predicted octanol–water partition coefficient (Wildman–Crippen LogP) is 5.75. The highest BCUT2D eigenvalue weighted by Gasteiger charge is 2.14. The lowest BCUT2D eigenvalue weighted by atomic mass is 10.0. The summed E-state index contributed by atoms with van der Waals surface area (Å²) in [4.78, 5) is 17.0. The molecule has 0 radical (unpaired) electrons. The van der Waals surface area contributed by atoms with Gasteiger partial charge in [-0.2, -0.15) is 5.10 Å². The Hall–Kier alpha value is -3.87. The van der Waals surface area contributed by atoms with Gasteiger partial charge in [0.15, 0.2) is 5.65 Å². The lowest BCUT2D eigenvalue weighted by Gasteiger charge is -2.17. The highest BCUT2D eigenvalue weighted by molar-refractivity contribution is 6.00. The van der Waals surface area contributed by atoms with Crippen molar-refractivity contribution < 1.29 is 4.79 Å². The van der Waals surface area contributed by atoms with Crippen LogP contribution in [0.2, 0.25) is 0 Å². The van der Waals surface area contributed by atoms with Crippen LogP contribution in [0.25, 0.3) is 22.2 Å². The minimum absolute atomic E-state index is 0.0618. The fourth-order valence-electron chi connectivity index (χ4n) is 3.61. The van der Waals surface area contributed by atoms with Gasteiger partial charge in [-0.1, -0.05) is 63.3 Å². The monoisotopic (exact) mass is 444 g/mol. The van der Waals surface area contributed by atoms with Crippen molar-refractivity contribution in [3.8, 4) is 11.1 Å². The van der Waals surface area contributed by atoms with Crippen LogP contribution in [0.1, 0.15) is 39.8 Å². The number of carbonyl (C=O) groups is 1. The fourth-order valence-corrected chi connectivity index (χ4v) is 3.61. The molecule has 5 N–H and O–H groups in total. The van der Waals surface area contributed by atoms with Gasteiger partial charge in [0, 0.05) is 17.4 Å². The first-order valence-electron chi connectivity index (χ1n) is 11.4. The van der Waals surface area contributed by atoms with Crippen molar-refractivity contribution in [1.82, 2.24) is 20.5 Å². The van der Waals surface area contributed by atoms with Crippen LogP contribution >= 0.6 is 0 Å². The van der Waals surface area contributed by atoms with Crippen molar-refractivity contribution in [3.63, 3.8) is 0 Å². The predicted molar refractivity (Wildman–Crippen MR) is 137 cm³/mol. The van der Waals surface area contributed by atoms with Crippen LogP contribution in [-0.4, -0.2) is 27.3 Å². The Morgan fingerprint density at radius 3 is 2.67 bits per heavy atom. The minimum atomic E-state index is -0.239. The third-order valence-electron chi connectivity index (χ3n) is 5.35. The van der Waals surface area contributed by atoms with Crippen LogP contribution in [0.15, 0.2) is 66.3 Å². The summed E-state index contributed by atoms with van der Waals surface area (Å²) in [6.07, 6.45) is 11.7. The molecule has 7 nitrogen and oxygen atoms in total. The van der Waals surface area contributed by atoms with E-state index in [0.29, 0.717) is 17.2 Å². The lowest BCUT2D eigenvalue weighted by molar-refractivity contribution is 0.250. The van der Waals surface area contributed by atoms with Crippen LogP contribution in [-0.2, 0) is 6.42 Å². The van der Waals surface area contributed by atoms with Crippen molar-refractivity contribution in [3.05, 3.63) is 72.0 Å². The summed E-state index contributed by atoms with van der Waals surface area (Å²) < 4.78 is 0. The van der Waals surface area contributed by atoms with E-state index in [2.05, 4.69) is 38.8 Å². The van der Waals surface area contributed by atoms with Gasteiger partial charge in [-0.25, -0.2) is 9.78 Å². The Kier molecular flexibility index (Phi) is 8.02. The van der Waals surface area contributed by atoms with E-state index in [0.717, 1.165) is 40.6 Å². The van der Waals surface area contributed by atoms with Crippen molar-refractivity contribution >= 4 is 28.6 Å². The average Bonchev–Trinajstić information content (AvgIpc) is 3.03. The van der Waals surface area contributed by atoms with Crippen LogP contribution in [0.5, 0.6) is 0 Å². The Balaban J connectivity index is 0.00000149. The largest absolute Gasteiger partial charge is 0.383 e. The molecule has 172 valence electrons. The molecule has 33 heavy (non-hydrogen) atoms. The molecule has 2 heterocycles. The van der Waals surface area contributed by atoms with Crippen molar-refractivity contribution in [2.75, 3.05) is 11.1 Å². The molecule has 2 aromatic heterocycles. The topological polar surface area (TPSA) is 109 Å². The standard InChI is InChI=1S/C24H26N6O.C2H6/c1-3-18-14-20(21-22(25)29-30-23(21)27-18)17-10-12-19(13-11-17)28-24(31)26-15(2)16-8-6-4-5-7-9-16;1-2/h4-8,10-15H,3,9H2,1-2H3,(H2,26,28,31)(H3,25,27,29,30);1-2H3/t15-;/m1./s1. The van der Waals surface area contributed by atoms with E-state index in [1.165, 1.54) is 0 Å². The van der Waals surface area contributed by atoms with Crippen molar-refractivity contribution in [2.45, 2.75) is 46.6 Å². The number of nitrogens with zero attached hydrogens (tertiary/aromatic N) is 2. The summed E-state index contributed by atoms with van der Waals surface area (Å²) in [6.45, 7) is 8.04. The summed E-state index contributed by atoms with van der Waals surface area (Å²) in [6, 6.07) is 9.42. The molecule has 1 aliphatic rings. The summed E-state index contributed by atoms with van der Waals surface area (Å²) in [5, 5.41) is 13.7. The molecule has 7 heteroatoms. The van der Waals surface area contributed by atoms with Crippen LogP contribution < -0.4 is 16.4 Å². The third-order valence-corrected chi connectivity index (χ3v) is 5.35. The summed E-state index contributed by atoms with van der Waals surface area (Å²) >= 11 is 0. The van der Waals surface area contributed by atoms with E-state index in [1.54, 1.807) is 0 Å². The van der Waals surface area contributed by atoms with E-state index in [9.17, 15) is 4.79 Å². The Morgan fingerprint density at radius 1 is 1.18 bits per heavy atom. The van der Waals surface area contributed by atoms with Gasteiger partial charge >= 0.3 is 6.03 Å². The van der Waals surface area contributed by atoms with Crippen LogP contribution in [0.3, 0.4) is 0 Å². The molecular formula is C26H32N6O. The van der Waals surface area contributed by atoms with Crippen molar-refractivity contribution in [2.24, 2.45) is 0 Å². The molecule has 0 spiro atoms. The molecule has 0 bridgehead atoms. The number of amides is 2. The van der Waals surface area contributed by atoms with E-state index in [1.807, 2.05) is 75.4 Å². The van der Waals surface area contributed by atoms with E-state index in [-0.39, 0.29) is 12.1 Å². The van der Waals surface area contributed by atoms with E-state index in [4.69, 9.17) is 5.73 Å². The van der Waals surface area contributed by atoms with Gasteiger partial charge < -0.3 is 16.4 Å². The number of carbonyl (C=O) groups excluding carboxylic acids is 1. The first-order valence-corrected chi connectivity index (χ1v) is 11.4. The highest BCUT2D eigenvalue weighted by Crippen LogP contribution is 2.32. The van der Waals surface area contributed by atoms with Crippen LogP contribution in [0, 0.1) is 0 Å². The molecule has 4 rings (SSSR count). The van der Waals surface area contributed by atoms with E-state index >= 15 is 0 Å². The number of pyridine rings is 1. The van der Waals surface area contributed by atoms with Gasteiger partial charge in [-0.15, -0.1) is 0 Å². The van der Waals surface area contributed by atoms with Gasteiger partial charge in [-0.3, -0.25) is 5.10 Å². The van der Waals surface area contributed by atoms with Gasteiger partial charge in [0.05, 0.1) is 5.39 Å². The quantitative estimate of drug-likeness (QED) is 0.402. The molecule has 3 aromatic rings. The number of fused-ring (bicyclic) bond motifs is 1. The summed E-state index contributed by atoms with van der Waals surface area (Å²) in [7, 11) is 0. The number of H-pyrrole nitrogens is 1. The Morgan fingerprint density at radius 2 is 1.94 bits per heavy atom. The Bertz CT molecular complexity index is 1190. The number of nitrogens with two attached hydrogens (primary N) is 1. The molecular weight excluding hydrogens is 412 g/mol. The number of hydrogen-bond donors (Lipinski definition) is 4. The van der Waals surface area contributed by atoms with Crippen molar-refractivity contribution in [1.29, 1.82) is 0 Å². The lowest BCUT2D eigenvalue weighted by Crippen LogP contribution is -2.37. The number of allylic oxidation sites excluding steroid dienone is 5. The number of aromatic nitrogens is 3. The first-order chi connectivity index (χ1) is 16.0. The van der Waals surface area contributed by atoms with E-state index < -0.39 is 0 Å². The maximum atomic E-state index is 12.5. The average molecular weight is 445 g/mol. The number of nitrogen functional groups attached to an aromatic ring is 1. The number of nitrogens with one attached hydrogen (secondary N) is 3. The molecule has 0 fully saturated rings. The molecule has 0 saturated heterocycles. The third kappa shape index (κ3) is 5.68. The van der Waals surface area contributed by atoms with Gasteiger partial charge in [0.25, 0.3) is 0 Å². The molecule has 1 aromatic carbocycles. The van der Waals surface area contributed by atoms with Gasteiger partial charge in [0.1, 0.15) is 5.82 Å². The zero-order chi connectivity index (χ0) is 23.8. The zero-order valence-corrected chi connectivity index (χ0v) is 19.6. The van der Waals surface area contributed by atoms with Gasteiger partial charge in [0.2, 0.25) is 0 Å². The van der Waals surface area contributed by atoms with Crippen LogP contribution in [0.4, 0.5) is 16.3 Å². The normalized spacial score (nSPS) is 13.5. The number of urea groups is 1. The summed E-state index contributed by atoms with van der Waals surface area (Å²) in [5.41, 5.74) is 11.5. The SMILES string of the molecule is CC.CCc1cc(-c2ccc(NC(=O)N[C@H](C)C3=CC=CC=CC3)cc2)c2c(N)[nH]nc2n1. The molecule has 2 amide bonds. The number of aryl methyl sites for hydroxylation is 1. The molecule has 0 saturated carbocycles. The second-order valence-electron chi connectivity index (χ2n) is 7.51. The summed E-state index contributed by atoms with van der Waals surface area (Å²) in [5.74, 6) is 0.494. The zero-order valence-electron chi connectivity index (χ0n) is 19.6. The number of anilines is 2. The fraction of sp³-hybridized carbons (Fsp3) is 0.269. The maximum Gasteiger partial charge on any atom is 0.319 e. The van der Waals surface area contributed by atoms with Gasteiger partial charge in [-0.05, 0) is 54.7 Å². The number of aromatic amines is 1. The molecule has 1 atom stereocenters. The first kappa shape index (κ1) is 23.8. The number of hydrogen-bond acceptors (Lipinski definition) is 4. The molecule has 0 aliphatic heterocycles. The number of rotatable bonds is 5. The number of benzene rings is 1. The smallest absolute Gasteiger partial charge is 0.319 e. The second-order valence-corrected chi connectivity index (χ2v) is 7.51. The Labute approximate surface area is 194 Å². The minimum Gasteiger partial charge on any atom is -0.383 e. The molecule has 0 unspecified atom stereocenters. The highest BCUT2D eigenvalue weighted by atomic mass is 16.2. The molecule has 1 aliphatic carbocycles. The maximum absolute atomic E-state index is 12.5.